The first-order chi connectivity index (χ1) is 17.8. The van der Waals surface area contributed by atoms with Crippen LogP contribution in [0.1, 0.15) is 43.6 Å². The monoisotopic (exact) mass is 529 g/mol. The van der Waals surface area contributed by atoms with Gasteiger partial charge < -0.3 is 24.6 Å². The third-order valence-electron chi connectivity index (χ3n) is 7.43. The Morgan fingerprint density at radius 2 is 1.97 bits per heavy atom. The first-order valence-corrected chi connectivity index (χ1v) is 13.2. The van der Waals surface area contributed by atoms with Crippen molar-refractivity contribution in [2.45, 2.75) is 52.1 Å². The van der Waals surface area contributed by atoms with Crippen molar-refractivity contribution in [1.29, 1.82) is 0 Å². The number of anilines is 1. The normalized spacial score (nSPS) is 17.6. The second-order valence-electron chi connectivity index (χ2n) is 10.3. The number of aliphatic hydroxyl groups is 1. The second kappa shape index (κ2) is 10.6. The van der Waals surface area contributed by atoms with Crippen LogP contribution in [0.25, 0.3) is 22.6 Å². The molecule has 3 heterocycles. The van der Waals surface area contributed by atoms with Crippen LogP contribution < -0.4 is 15.0 Å². The number of likely N-dealkylation sites (N-methyl/N-ethyl adjacent to an activating group) is 1. The van der Waals surface area contributed by atoms with Gasteiger partial charge in [-0.2, -0.15) is 0 Å². The first-order valence-electron chi connectivity index (χ1n) is 12.8. The third-order valence-corrected chi connectivity index (χ3v) is 7.76. The van der Waals surface area contributed by atoms with E-state index in [1.54, 1.807) is 39.1 Å². The summed E-state index contributed by atoms with van der Waals surface area (Å²) in [4.78, 5) is 11.3. The largest absolute Gasteiger partial charge is 0.491 e. The van der Waals surface area contributed by atoms with E-state index in [2.05, 4.69) is 20.4 Å². The molecule has 2 fully saturated rings. The summed E-state index contributed by atoms with van der Waals surface area (Å²) < 4.78 is 27.2. The van der Waals surface area contributed by atoms with E-state index < -0.39 is 11.9 Å². The number of ether oxygens (including phenoxy) is 1. The average Bonchev–Trinajstić information content (AvgIpc) is 3.20. The van der Waals surface area contributed by atoms with Crippen molar-refractivity contribution in [3.63, 3.8) is 0 Å². The predicted molar refractivity (Wildman–Crippen MR) is 141 cm³/mol. The van der Waals surface area contributed by atoms with Crippen molar-refractivity contribution in [3.8, 4) is 28.4 Å². The molecule has 1 atom stereocenters. The fourth-order valence-corrected chi connectivity index (χ4v) is 5.74. The number of benzene rings is 1. The quantitative estimate of drug-likeness (QED) is 0.423. The van der Waals surface area contributed by atoms with Gasteiger partial charge in [-0.3, -0.25) is 0 Å². The lowest BCUT2D eigenvalue weighted by Gasteiger charge is -2.53. The predicted octanol–water partition coefficient (Wildman–Crippen LogP) is 4.94. The summed E-state index contributed by atoms with van der Waals surface area (Å²) in [6.07, 6.45) is 5.39. The number of nitrogens with one attached hydrogen (secondary N) is 1. The minimum atomic E-state index is -0.664. The van der Waals surface area contributed by atoms with Crippen molar-refractivity contribution in [2.75, 3.05) is 38.2 Å². The van der Waals surface area contributed by atoms with Crippen molar-refractivity contribution in [3.05, 3.63) is 40.5 Å². The Morgan fingerprint density at radius 1 is 1.22 bits per heavy atom. The van der Waals surface area contributed by atoms with Gasteiger partial charge in [-0.25, -0.2) is 14.4 Å². The Hall–Kier alpha value is -2.75. The smallest absolute Gasteiger partial charge is 0.192 e. The van der Waals surface area contributed by atoms with Gasteiger partial charge in [0.1, 0.15) is 29.9 Å². The third kappa shape index (κ3) is 5.17. The molecule has 0 amide bonds. The maximum Gasteiger partial charge on any atom is 0.192 e. The SMILES string of the molecule is CNC[C@@H](O)COc1ccc(Cl)c(-c2nc(-c3c(C)noc3C)c(F)c(N3CC4(CCCCC4)C3)n2)c1. The van der Waals surface area contributed by atoms with Gasteiger partial charge in [-0.05, 0) is 51.9 Å². The number of halogens is 2. The van der Waals surface area contributed by atoms with Crippen LogP contribution in [-0.2, 0) is 0 Å². The van der Waals surface area contributed by atoms with E-state index >= 15 is 4.39 Å². The van der Waals surface area contributed by atoms with Crippen LogP contribution in [0.3, 0.4) is 0 Å². The highest BCUT2D eigenvalue weighted by molar-refractivity contribution is 6.33. The van der Waals surface area contributed by atoms with Crippen molar-refractivity contribution < 1.29 is 18.8 Å². The summed E-state index contributed by atoms with van der Waals surface area (Å²) in [6.45, 7) is 5.59. The molecule has 1 saturated carbocycles. The molecule has 37 heavy (non-hydrogen) atoms. The summed E-state index contributed by atoms with van der Waals surface area (Å²) in [5, 5.41) is 17.3. The molecular weight excluding hydrogens is 497 g/mol. The van der Waals surface area contributed by atoms with Gasteiger partial charge in [-0.15, -0.1) is 0 Å². The maximum atomic E-state index is 16.1. The summed E-state index contributed by atoms with van der Waals surface area (Å²) in [5.41, 5.74) is 1.99. The van der Waals surface area contributed by atoms with E-state index in [9.17, 15) is 5.11 Å². The Balaban J connectivity index is 1.54. The Kier molecular flexibility index (Phi) is 7.38. The number of aliphatic hydroxyl groups excluding tert-OH is 1. The molecule has 2 aliphatic rings. The Labute approximate surface area is 221 Å². The van der Waals surface area contributed by atoms with Crippen LogP contribution in [-0.4, -0.2) is 59.6 Å². The molecule has 8 nitrogen and oxygen atoms in total. The van der Waals surface area contributed by atoms with Gasteiger partial charge in [0.05, 0.1) is 16.3 Å². The molecule has 0 bridgehead atoms. The fraction of sp³-hybridized carbons (Fsp3) is 0.519. The van der Waals surface area contributed by atoms with Crippen molar-refractivity contribution in [2.24, 2.45) is 5.41 Å². The number of nitrogens with zero attached hydrogens (tertiary/aromatic N) is 4. The zero-order chi connectivity index (χ0) is 26.2. The van der Waals surface area contributed by atoms with E-state index in [-0.39, 0.29) is 23.5 Å². The molecule has 1 spiro atoms. The molecule has 198 valence electrons. The zero-order valence-electron chi connectivity index (χ0n) is 21.5. The summed E-state index contributed by atoms with van der Waals surface area (Å²) in [7, 11) is 1.76. The van der Waals surface area contributed by atoms with Crippen LogP contribution in [0, 0.1) is 25.1 Å². The van der Waals surface area contributed by atoms with Crippen molar-refractivity contribution in [1.82, 2.24) is 20.4 Å². The lowest BCUT2D eigenvalue weighted by Crippen LogP contribution is -2.57. The van der Waals surface area contributed by atoms with Crippen LogP contribution in [0.5, 0.6) is 5.75 Å². The number of hydrogen-bond donors (Lipinski definition) is 2. The van der Waals surface area contributed by atoms with E-state index in [1.165, 1.54) is 32.1 Å². The second-order valence-corrected chi connectivity index (χ2v) is 10.7. The maximum absolute atomic E-state index is 16.1. The highest BCUT2D eigenvalue weighted by Gasteiger charge is 2.45. The van der Waals surface area contributed by atoms with E-state index in [0.717, 1.165) is 13.1 Å². The summed E-state index contributed by atoms with van der Waals surface area (Å²) >= 11 is 6.59. The molecule has 0 unspecified atom stereocenters. The molecule has 1 aliphatic heterocycles. The topological polar surface area (TPSA) is 96.5 Å². The number of aryl methyl sites for hydroxylation is 2. The van der Waals surface area contributed by atoms with Crippen LogP contribution in [0.2, 0.25) is 5.02 Å². The highest BCUT2D eigenvalue weighted by atomic mass is 35.5. The van der Waals surface area contributed by atoms with Crippen LogP contribution in [0.4, 0.5) is 10.2 Å². The molecule has 0 radical (unpaired) electrons. The molecule has 1 aliphatic carbocycles. The van der Waals surface area contributed by atoms with Gasteiger partial charge in [0.25, 0.3) is 0 Å². The lowest BCUT2D eigenvalue weighted by atomic mass is 9.68. The zero-order valence-corrected chi connectivity index (χ0v) is 22.2. The minimum Gasteiger partial charge on any atom is -0.491 e. The number of hydrogen-bond acceptors (Lipinski definition) is 8. The van der Waals surface area contributed by atoms with Gasteiger partial charge >= 0.3 is 0 Å². The summed E-state index contributed by atoms with van der Waals surface area (Å²) in [5.74, 6) is 1.07. The molecule has 1 aromatic carbocycles. The van der Waals surface area contributed by atoms with E-state index in [1.807, 2.05) is 4.90 Å². The van der Waals surface area contributed by atoms with Gasteiger partial charge in [-0.1, -0.05) is 36.0 Å². The molecule has 2 aromatic heterocycles. The molecule has 1 saturated heterocycles. The fourth-order valence-electron chi connectivity index (χ4n) is 5.54. The standard InChI is InChI=1S/C27H33ClFN5O3/c1-16-22(17(2)37-33-16)24-23(29)26(34-14-27(15-34)9-5-4-6-10-27)32-25(31-24)20-11-19(7-8-21(20)28)36-13-18(35)12-30-3/h7-8,11,18,30,35H,4-6,9-10,12-15H2,1-3H3/t18-/m1/s1. The van der Waals surface area contributed by atoms with Crippen LogP contribution in [0.15, 0.2) is 22.7 Å². The van der Waals surface area contributed by atoms with Gasteiger partial charge in [0, 0.05) is 30.6 Å². The van der Waals surface area contributed by atoms with Gasteiger partial charge in [0.2, 0.25) is 0 Å². The van der Waals surface area contributed by atoms with E-state index in [0.29, 0.717) is 45.7 Å². The molecule has 10 heteroatoms. The van der Waals surface area contributed by atoms with Crippen LogP contribution >= 0.6 is 11.6 Å². The molecule has 3 aromatic rings. The highest BCUT2D eigenvalue weighted by Crippen LogP contribution is 2.47. The molecular formula is C27H33ClFN5O3. The number of aromatic nitrogens is 3. The minimum absolute atomic E-state index is 0.109. The average molecular weight is 530 g/mol. The lowest BCUT2D eigenvalue weighted by molar-refractivity contribution is 0.108. The Bertz CT molecular complexity index is 1250. The number of rotatable bonds is 8. The van der Waals surface area contributed by atoms with Gasteiger partial charge in [0.15, 0.2) is 17.5 Å². The molecule has 5 rings (SSSR count). The first kappa shape index (κ1) is 25.9. The van der Waals surface area contributed by atoms with Crippen molar-refractivity contribution >= 4 is 17.4 Å². The van der Waals surface area contributed by atoms with E-state index in [4.69, 9.17) is 20.9 Å². The molecule has 2 N–H and O–H groups in total. The Morgan fingerprint density at radius 3 is 2.65 bits per heavy atom. The summed E-state index contributed by atoms with van der Waals surface area (Å²) in [6, 6.07) is 5.14.